The molecule has 0 radical (unpaired) electrons. The molecule has 1 heterocycles. The van der Waals surface area contributed by atoms with Gasteiger partial charge in [0.25, 0.3) is 0 Å². The van der Waals surface area contributed by atoms with Gasteiger partial charge in [-0.15, -0.1) is 0 Å². The van der Waals surface area contributed by atoms with Gasteiger partial charge >= 0.3 is 0 Å². The van der Waals surface area contributed by atoms with Crippen LogP contribution in [0.3, 0.4) is 0 Å². The summed E-state index contributed by atoms with van der Waals surface area (Å²) >= 11 is 18.9. The van der Waals surface area contributed by atoms with Crippen LogP contribution in [0.4, 0.5) is 0 Å². The molecule has 0 spiro atoms. The first-order valence-corrected chi connectivity index (χ1v) is 7.92. The Hall–Kier alpha value is -0.740. The second kappa shape index (κ2) is 7.01. The van der Waals surface area contributed by atoms with Crippen LogP contribution in [0, 0.1) is 0 Å². The highest BCUT2D eigenvalue weighted by atomic mass is 35.5. The summed E-state index contributed by atoms with van der Waals surface area (Å²) in [7, 11) is 1.89. The Kier molecular flexibility index (Phi) is 5.55. The molecule has 0 aliphatic carbocycles. The molecule has 0 saturated carbocycles. The summed E-state index contributed by atoms with van der Waals surface area (Å²) in [6.45, 7) is 4.14. The molecule has 6 heteroatoms. The summed E-state index contributed by atoms with van der Waals surface area (Å²) in [5.41, 5.74) is 1.86. The Labute approximate surface area is 140 Å². The maximum absolute atomic E-state index is 6.32. The largest absolute Gasteiger partial charge is 0.311 e. The van der Waals surface area contributed by atoms with Crippen molar-refractivity contribution in [2.45, 2.75) is 32.4 Å². The van der Waals surface area contributed by atoms with Crippen molar-refractivity contribution in [1.82, 2.24) is 15.1 Å². The van der Waals surface area contributed by atoms with Crippen molar-refractivity contribution >= 4 is 34.8 Å². The summed E-state index contributed by atoms with van der Waals surface area (Å²) in [6, 6.07) is 5.74. The number of rotatable bonds is 5. The fraction of sp³-hybridized carbons (Fsp3) is 0.400. The third kappa shape index (κ3) is 3.54. The molecular formula is C15H18Cl3N3. The van der Waals surface area contributed by atoms with Crippen LogP contribution in [0.1, 0.15) is 37.2 Å². The maximum Gasteiger partial charge on any atom is 0.0834 e. The maximum atomic E-state index is 6.32. The number of hydrogen-bond acceptors (Lipinski definition) is 2. The van der Waals surface area contributed by atoms with E-state index in [1.54, 1.807) is 6.20 Å². The van der Waals surface area contributed by atoms with E-state index in [-0.39, 0.29) is 12.1 Å². The van der Waals surface area contributed by atoms with Crippen LogP contribution in [-0.4, -0.2) is 16.8 Å². The smallest absolute Gasteiger partial charge is 0.0834 e. The zero-order chi connectivity index (χ0) is 15.6. The molecule has 114 valence electrons. The molecule has 2 aromatic rings. The number of nitrogens with one attached hydrogen (secondary N) is 1. The molecule has 0 aliphatic heterocycles. The van der Waals surface area contributed by atoms with Crippen LogP contribution < -0.4 is 5.32 Å². The minimum absolute atomic E-state index is 0.0141. The Morgan fingerprint density at radius 2 is 1.76 bits per heavy atom. The van der Waals surface area contributed by atoms with Crippen molar-refractivity contribution < 1.29 is 0 Å². The molecule has 1 aromatic heterocycles. The zero-order valence-corrected chi connectivity index (χ0v) is 14.5. The molecule has 2 rings (SSSR count). The Bertz CT molecular complexity index is 602. The second-order valence-electron chi connectivity index (χ2n) is 5.16. The molecule has 1 unspecified atom stereocenters. The lowest BCUT2D eigenvalue weighted by Crippen LogP contribution is -2.24. The van der Waals surface area contributed by atoms with Crippen LogP contribution >= 0.6 is 34.8 Å². The first-order chi connectivity index (χ1) is 9.95. The van der Waals surface area contributed by atoms with Gasteiger partial charge in [0.05, 0.1) is 23.0 Å². The van der Waals surface area contributed by atoms with E-state index in [4.69, 9.17) is 34.8 Å². The van der Waals surface area contributed by atoms with Gasteiger partial charge in [-0.25, -0.2) is 0 Å². The molecule has 0 fully saturated rings. The van der Waals surface area contributed by atoms with Crippen molar-refractivity contribution in [2.75, 3.05) is 7.05 Å². The van der Waals surface area contributed by atoms with Crippen LogP contribution in [0.5, 0.6) is 0 Å². The van der Waals surface area contributed by atoms with Gasteiger partial charge in [0, 0.05) is 16.1 Å². The van der Waals surface area contributed by atoms with E-state index in [0.29, 0.717) is 21.5 Å². The van der Waals surface area contributed by atoms with Gasteiger partial charge in [-0.05, 0) is 45.0 Å². The second-order valence-corrected chi connectivity index (χ2v) is 6.38. The number of benzene rings is 1. The third-order valence-corrected chi connectivity index (χ3v) is 4.42. The molecule has 0 amide bonds. The van der Waals surface area contributed by atoms with Gasteiger partial charge in [0.1, 0.15) is 0 Å². The summed E-state index contributed by atoms with van der Waals surface area (Å²) in [5, 5.41) is 9.60. The van der Waals surface area contributed by atoms with E-state index in [1.165, 1.54) is 0 Å². The lowest BCUT2D eigenvalue weighted by atomic mass is 10.0. The molecule has 3 nitrogen and oxygen atoms in total. The average molecular weight is 347 g/mol. The van der Waals surface area contributed by atoms with E-state index in [0.717, 1.165) is 11.3 Å². The molecule has 1 atom stereocenters. The van der Waals surface area contributed by atoms with E-state index < -0.39 is 0 Å². The fourth-order valence-electron chi connectivity index (χ4n) is 2.36. The van der Waals surface area contributed by atoms with Crippen molar-refractivity contribution in [1.29, 1.82) is 0 Å². The predicted molar refractivity (Wildman–Crippen MR) is 89.6 cm³/mol. The van der Waals surface area contributed by atoms with Crippen molar-refractivity contribution in [3.8, 4) is 0 Å². The molecule has 21 heavy (non-hydrogen) atoms. The molecule has 0 saturated heterocycles. The predicted octanol–water partition coefficient (Wildman–Crippen LogP) is 4.93. The molecular weight excluding hydrogens is 329 g/mol. The van der Waals surface area contributed by atoms with Gasteiger partial charge < -0.3 is 5.32 Å². The van der Waals surface area contributed by atoms with Gasteiger partial charge in [-0.2, -0.15) is 5.10 Å². The van der Waals surface area contributed by atoms with Gasteiger partial charge in [0.2, 0.25) is 0 Å². The summed E-state index contributed by atoms with van der Waals surface area (Å²) in [4.78, 5) is 0. The van der Waals surface area contributed by atoms with Crippen LogP contribution in [0.25, 0.3) is 0 Å². The highest BCUT2D eigenvalue weighted by Crippen LogP contribution is 2.32. The lowest BCUT2D eigenvalue weighted by Gasteiger charge is -2.21. The highest BCUT2D eigenvalue weighted by molar-refractivity contribution is 6.36. The van der Waals surface area contributed by atoms with Crippen LogP contribution in [0.2, 0.25) is 15.1 Å². The lowest BCUT2D eigenvalue weighted by molar-refractivity contribution is 0.460. The minimum atomic E-state index is -0.0141. The van der Waals surface area contributed by atoms with Crippen molar-refractivity contribution in [2.24, 2.45) is 0 Å². The zero-order valence-electron chi connectivity index (χ0n) is 12.2. The van der Waals surface area contributed by atoms with E-state index in [9.17, 15) is 0 Å². The fourth-order valence-corrected chi connectivity index (χ4v) is 3.17. The number of aromatic nitrogens is 2. The highest BCUT2D eigenvalue weighted by Gasteiger charge is 2.22. The number of hydrogen-bond donors (Lipinski definition) is 1. The first kappa shape index (κ1) is 16.6. The van der Waals surface area contributed by atoms with E-state index in [1.807, 2.05) is 29.9 Å². The molecule has 0 bridgehead atoms. The Balaban J connectivity index is 2.39. The first-order valence-electron chi connectivity index (χ1n) is 6.78. The van der Waals surface area contributed by atoms with Gasteiger partial charge in [-0.3, -0.25) is 4.68 Å². The number of halogens is 3. The monoisotopic (exact) mass is 345 g/mol. The summed E-state index contributed by atoms with van der Waals surface area (Å²) in [6.07, 6.45) is 2.32. The molecule has 1 aromatic carbocycles. The SMILES string of the molecule is CNC(Cc1c(Cl)cccc1Cl)c1c(Cl)cnn1C(C)C. The topological polar surface area (TPSA) is 29.9 Å². The van der Waals surface area contributed by atoms with E-state index >= 15 is 0 Å². The van der Waals surface area contributed by atoms with Crippen molar-refractivity contribution in [3.05, 3.63) is 50.7 Å². The average Bonchev–Trinajstić information content (AvgIpc) is 2.81. The van der Waals surface area contributed by atoms with Gasteiger partial charge in [0.15, 0.2) is 0 Å². The minimum Gasteiger partial charge on any atom is -0.311 e. The quantitative estimate of drug-likeness (QED) is 0.832. The molecule has 1 N–H and O–H groups in total. The standard InChI is InChI=1S/C15H18Cl3N3/c1-9(2)21-15(13(18)8-20-21)14(19-3)7-10-11(16)5-4-6-12(10)17/h4-6,8-9,14,19H,7H2,1-3H3. The number of likely N-dealkylation sites (N-methyl/N-ethyl adjacent to an activating group) is 1. The third-order valence-electron chi connectivity index (χ3n) is 3.42. The Morgan fingerprint density at radius 3 is 2.29 bits per heavy atom. The van der Waals surface area contributed by atoms with Crippen LogP contribution in [-0.2, 0) is 6.42 Å². The Morgan fingerprint density at radius 1 is 1.14 bits per heavy atom. The normalized spacial score (nSPS) is 12.9. The molecule has 0 aliphatic rings. The summed E-state index contributed by atoms with van der Waals surface area (Å²) < 4.78 is 1.92. The van der Waals surface area contributed by atoms with Crippen molar-refractivity contribution in [3.63, 3.8) is 0 Å². The van der Waals surface area contributed by atoms with Gasteiger partial charge in [-0.1, -0.05) is 40.9 Å². The number of nitrogens with zero attached hydrogens (tertiary/aromatic N) is 2. The summed E-state index contributed by atoms with van der Waals surface area (Å²) in [5.74, 6) is 0. The van der Waals surface area contributed by atoms with E-state index in [2.05, 4.69) is 24.3 Å². The van der Waals surface area contributed by atoms with Crippen LogP contribution in [0.15, 0.2) is 24.4 Å².